The topological polar surface area (TPSA) is 91.2 Å². The number of nitrogens with zero attached hydrogens (tertiary/aromatic N) is 4. The molecule has 3 aromatic rings. The molecule has 0 radical (unpaired) electrons. The van der Waals surface area contributed by atoms with E-state index in [-0.39, 0.29) is 12.0 Å². The minimum atomic E-state index is -0.110. The largest absolute Gasteiger partial charge is 0.383 e. The van der Waals surface area contributed by atoms with Crippen molar-refractivity contribution in [1.29, 1.82) is 0 Å². The molecule has 0 bridgehead atoms. The van der Waals surface area contributed by atoms with E-state index in [1.807, 2.05) is 18.4 Å². The van der Waals surface area contributed by atoms with Crippen LogP contribution in [0.1, 0.15) is 28.9 Å². The summed E-state index contributed by atoms with van der Waals surface area (Å²) in [6.45, 7) is 4.40. The summed E-state index contributed by atoms with van der Waals surface area (Å²) in [7, 11) is 1.62. The fourth-order valence-electron chi connectivity index (χ4n) is 3.59. The standard InChI is InChI=1S/C21H25N5O3S/c1-14-16(20(27)24-7-9-28-2)10-19(26(14)12-15-4-3-8-29-15)18-13-30-21(25-18)17-11-22-5-6-23-17/h5-6,10-11,13,15H,3-4,7-9,12H2,1-2H3,(H,24,27). The fourth-order valence-corrected chi connectivity index (χ4v) is 4.37. The average Bonchev–Trinajstić information content (AvgIpc) is 3.51. The molecule has 30 heavy (non-hydrogen) atoms. The number of nitrogens with one attached hydrogen (secondary N) is 1. The van der Waals surface area contributed by atoms with E-state index in [4.69, 9.17) is 14.5 Å². The normalized spacial score (nSPS) is 16.1. The van der Waals surface area contributed by atoms with Gasteiger partial charge in [0.25, 0.3) is 5.91 Å². The SMILES string of the molecule is COCCNC(=O)c1cc(-c2csc(-c3cnccn3)n2)n(CC2CCCO2)c1C. The van der Waals surface area contributed by atoms with Crippen LogP contribution in [0.5, 0.6) is 0 Å². The number of thiazole rings is 1. The molecular formula is C21H25N5O3S. The summed E-state index contributed by atoms with van der Waals surface area (Å²) in [5.74, 6) is -0.110. The smallest absolute Gasteiger partial charge is 0.253 e. The number of rotatable bonds is 8. The fraction of sp³-hybridized carbons (Fsp3) is 0.429. The molecule has 1 N–H and O–H groups in total. The number of methoxy groups -OCH3 is 1. The van der Waals surface area contributed by atoms with Gasteiger partial charge in [0.15, 0.2) is 0 Å². The molecule has 9 heteroatoms. The minimum absolute atomic E-state index is 0.110. The molecule has 8 nitrogen and oxygen atoms in total. The second-order valence-corrected chi connectivity index (χ2v) is 8.01. The Kier molecular flexibility index (Phi) is 6.51. The van der Waals surface area contributed by atoms with Gasteiger partial charge in [-0.2, -0.15) is 0 Å². The van der Waals surface area contributed by atoms with E-state index in [1.54, 1.807) is 25.7 Å². The number of amides is 1. The highest BCUT2D eigenvalue weighted by atomic mass is 32.1. The van der Waals surface area contributed by atoms with Gasteiger partial charge in [0, 0.05) is 50.3 Å². The Balaban J connectivity index is 1.67. The molecule has 1 atom stereocenters. The first kappa shape index (κ1) is 20.6. The average molecular weight is 428 g/mol. The Morgan fingerprint density at radius 1 is 1.40 bits per heavy atom. The van der Waals surface area contributed by atoms with Crippen molar-refractivity contribution < 1.29 is 14.3 Å². The third-order valence-corrected chi connectivity index (χ3v) is 6.03. The molecule has 0 spiro atoms. The summed E-state index contributed by atoms with van der Waals surface area (Å²) in [5, 5.41) is 5.71. The second-order valence-electron chi connectivity index (χ2n) is 7.15. The molecule has 1 aliphatic heterocycles. The molecule has 4 heterocycles. The third-order valence-electron chi connectivity index (χ3n) is 5.16. The predicted molar refractivity (Wildman–Crippen MR) is 114 cm³/mol. The first-order chi connectivity index (χ1) is 14.7. The highest BCUT2D eigenvalue weighted by Gasteiger charge is 2.24. The van der Waals surface area contributed by atoms with Gasteiger partial charge in [-0.05, 0) is 25.8 Å². The van der Waals surface area contributed by atoms with Crippen LogP contribution >= 0.6 is 11.3 Å². The molecule has 0 aliphatic carbocycles. The Hall–Kier alpha value is -2.62. The van der Waals surface area contributed by atoms with Crippen LogP contribution in [0.3, 0.4) is 0 Å². The zero-order valence-electron chi connectivity index (χ0n) is 17.1. The van der Waals surface area contributed by atoms with Crippen LogP contribution in [-0.2, 0) is 16.0 Å². The van der Waals surface area contributed by atoms with Crippen LogP contribution in [-0.4, -0.2) is 58.4 Å². The summed E-state index contributed by atoms with van der Waals surface area (Å²) in [6.07, 6.45) is 7.24. The maximum atomic E-state index is 12.8. The minimum Gasteiger partial charge on any atom is -0.383 e. The molecule has 1 aliphatic rings. The van der Waals surface area contributed by atoms with Crippen molar-refractivity contribution in [2.24, 2.45) is 0 Å². The first-order valence-electron chi connectivity index (χ1n) is 9.98. The summed E-state index contributed by atoms with van der Waals surface area (Å²) >= 11 is 1.51. The number of hydrogen-bond donors (Lipinski definition) is 1. The molecule has 1 amide bonds. The Labute approximate surface area is 179 Å². The zero-order chi connectivity index (χ0) is 20.9. The molecule has 1 fully saturated rings. The van der Waals surface area contributed by atoms with Crippen LogP contribution in [0, 0.1) is 6.92 Å². The highest BCUT2D eigenvalue weighted by molar-refractivity contribution is 7.13. The van der Waals surface area contributed by atoms with Gasteiger partial charge in [0.05, 0.1) is 35.9 Å². The van der Waals surface area contributed by atoms with Gasteiger partial charge in [0.2, 0.25) is 0 Å². The van der Waals surface area contributed by atoms with Gasteiger partial charge in [-0.1, -0.05) is 0 Å². The summed E-state index contributed by atoms with van der Waals surface area (Å²) in [4.78, 5) is 26.0. The Morgan fingerprint density at radius 2 is 2.30 bits per heavy atom. The lowest BCUT2D eigenvalue weighted by Gasteiger charge is -2.15. The van der Waals surface area contributed by atoms with Crippen LogP contribution in [0.15, 0.2) is 30.0 Å². The van der Waals surface area contributed by atoms with Gasteiger partial charge < -0.3 is 19.4 Å². The molecule has 0 saturated carbocycles. The van der Waals surface area contributed by atoms with Crippen LogP contribution in [0.25, 0.3) is 22.1 Å². The predicted octanol–water partition coefficient (Wildman–Crippen LogP) is 2.93. The Bertz CT molecular complexity index is 995. The first-order valence-corrected chi connectivity index (χ1v) is 10.9. The number of aromatic nitrogens is 4. The van der Waals surface area contributed by atoms with Gasteiger partial charge in [-0.3, -0.25) is 14.8 Å². The van der Waals surface area contributed by atoms with E-state index in [0.29, 0.717) is 25.3 Å². The maximum Gasteiger partial charge on any atom is 0.253 e. The van der Waals surface area contributed by atoms with Crippen molar-refractivity contribution in [3.63, 3.8) is 0 Å². The molecule has 1 saturated heterocycles. The second kappa shape index (κ2) is 9.46. The lowest BCUT2D eigenvalue weighted by Crippen LogP contribution is -2.27. The summed E-state index contributed by atoms with van der Waals surface area (Å²) in [5.41, 5.74) is 4.02. The van der Waals surface area contributed by atoms with Crippen LogP contribution in [0.4, 0.5) is 0 Å². The Morgan fingerprint density at radius 3 is 3.03 bits per heavy atom. The van der Waals surface area contributed by atoms with Crippen LogP contribution in [0.2, 0.25) is 0 Å². The van der Waals surface area contributed by atoms with E-state index in [0.717, 1.165) is 47.2 Å². The van der Waals surface area contributed by atoms with E-state index >= 15 is 0 Å². The number of hydrogen-bond acceptors (Lipinski definition) is 7. The summed E-state index contributed by atoms with van der Waals surface area (Å²) in [6, 6.07) is 1.92. The molecule has 0 aromatic carbocycles. The van der Waals surface area contributed by atoms with E-state index in [1.165, 1.54) is 11.3 Å². The lowest BCUT2D eigenvalue weighted by molar-refractivity contribution is 0.0928. The van der Waals surface area contributed by atoms with E-state index in [2.05, 4.69) is 19.9 Å². The van der Waals surface area contributed by atoms with Crippen molar-refractivity contribution in [3.05, 3.63) is 41.3 Å². The van der Waals surface area contributed by atoms with E-state index in [9.17, 15) is 4.79 Å². The molecule has 4 rings (SSSR count). The van der Waals surface area contributed by atoms with Gasteiger partial charge in [0.1, 0.15) is 10.7 Å². The van der Waals surface area contributed by atoms with E-state index < -0.39 is 0 Å². The molecular weight excluding hydrogens is 402 g/mol. The van der Waals surface area contributed by atoms with Crippen molar-refractivity contribution in [2.45, 2.75) is 32.4 Å². The number of carbonyl (C=O) groups is 1. The quantitative estimate of drug-likeness (QED) is 0.556. The monoisotopic (exact) mass is 427 g/mol. The van der Waals surface area contributed by atoms with Crippen LogP contribution < -0.4 is 5.32 Å². The lowest BCUT2D eigenvalue weighted by atomic mass is 10.2. The van der Waals surface area contributed by atoms with Gasteiger partial charge in [-0.25, -0.2) is 4.98 Å². The van der Waals surface area contributed by atoms with Gasteiger partial charge >= 0.3 is 0 Å². The van der Waals surface area contributed by atoms with Gasteiger partial charge in [-0.15, -0.1) is 11.3 Å². The molecule has 1 unspecified atom stereocenters. The highest BCUT2D eigenvalue weighted by Crippen LogP contribution is 2.31. The van der Waals surface area contributed by atoms with Crippen molar-refractivity contribution in [1.82, 2.24) is 24.8 Å². The number of ether oxygens (including phenoxy) is 2. The van der Waals surface area contributed by atoms with Crippen molar-refractivity contribution in [3.8, 4) is 22.1 Å². The summed E-state index contributed by atoms with van der Waals surface area (Å²) < 4.78 is 13.0. The third kappa shape index (κ3) is 4.43. The molecule has 158 valence electrons. The van der Waals surface area contributed by atoms with Crippen molar-refractivity contribution in [2.75, 3.05) is 26.9 Å². The zero-order valence-corrected chi connectivity index (χ0v) is 17.9. The van der Waals surface area contributed by atoms with Crippen molar-refractivity contribution >= 4 is 17.2 Å². The number of carbonyl (C=O) groups excluding carboxylic acids is 1. The molecule has 3 aromatic heterocycles. The maximum absolute atomic E-state index is 12.8.